The fourth-order valence-electron chi connectivity index (χ4n) is 3.12. The second-order valence-corrected chi connectivity index (χ2v) is 6.34. The van der Waals surface area contributed by atoms with E-state index in [1.165, 1.54) is 11.1 Å². The van der Waals surface area contributed by atoms with E-state index in [-0.39, 0.29) is 5.91 Å². The minimum atomic E-state index is 0.165. The predicted molar refractivity (Wildman–Crippen MR) is 98.0 cm³/mol. The maximum Gasteiger partial charge on any atom is 0.223 e. The van der Waals surface area contributed by atoms with Crippen molar-refractivity contribution < 1.29 is 14.3 Å². The molecule has 0 radical (unpaired) electrons. The number of carbonyl (C=O) groups is 1. The van der Waals surface area contributed by atoms with Gasteiger partial charge >= 0.3 is 0 Å². The van der Waals surface area contributed by atoms with Gasteiger partial charge in [0.2, 0.25) is 5.91 Å². The second-order valence-electron chi connectivity index (χ2n) is 6.34. The highest BCUT2D eigenvalue weighted by Crippen LogP contribution is 2.34. The van der Waals surface area contributed by atoms with Gasteiger partial charge in [-0.3, -0.25) is 4.79 Å². The smallest absolute Gasteiger partial charge is 0.223 e. The van der Waals surface area contributed by atoms with E-state index in [1.807, 2.05) is 36.1 Å². The van der Waals surface area contributed by atoms with E-state index in [0.29, 0.717) is 32.7 Å². The maximum absolute atomic E-state index is 12.7. The van der Waals surface area contributed by atoms with Gasteiger partial charge in [0.15, 0.2) is 11.5 Å². The Bertz CT molecular complexity index is 742. The van der Waals surface area contributed by atoms with Crippen LogP contribution < -0.4 is 9.47 Å². The summed E-state index contributed by atoms with van der Waals surface area (Å²) < 4.78 is 11.4. The normalized spacial score (nSPS) is 12.7. The lowest BCUT2D eigenvalue weighted by Crippen LogP contribution is -2.31. The highest BCUT2D eigenvalue weighted by Gasteiger charge is 2.19. The molecule has 1 aliphatic rings. The van der Waals surface area contributed by atoms with Gasteiger partial charge in [-0.25, -0.2) is 0 Å². The average molecular weight is 339 g/mol. The Balaban J connectivity index is 1.65. The van der Waals surface area contributed by atoms with Crippen molar-refractivity contribution in [1.82, 2.24) is 4.90 Å². The van der Waals surface area contributed by atoms with E-state index >= 15 is 0 Å². The molecule has 0 unspecified atom stereocenters. The van der Waals surface area contributed by atoms with Crippen molar-refractivity contribution in [2.45, 2.75) is 33.2 Å². The third kappa shape index (κ3) is 4.32. The summed E-state index contributed by atoms with van der Waals surface area (Å²) in [7, 11) is 0. The third-order valence-electron chi connectivity index (χ3n) is 4.45. The molecule has 0 saturated carbocycles. The van der Waals surface area contributed by atoms with Crippen LogP contribution >= 0.6 is 0 Å². The van der Waals surface area contributed by atoms with Crippen LogP contribution in [0.1, 0.15) is 30.0 Å². The van der Waals surface area contributed by atoms with Crippen LogP contribution in [0.4, 0.5) is 0 Å². The van der Waals surface area contributed by atoms with E-state index in [4.69, 9.17) is 9.47 Å². The van der Waals surface area contributed by atoms with Crippen LogP contribution in [0.25, 0.3) is 0 Å². The number of aryl methyl sites for hydroxylation is 2. The summed E-state index contributed by atoms with van der Waals surface area (Å²) in [6, 6.07) is 14.2. The maximum atomic E-state index is 12.7. The molecular weight excluding hydrogens is 314 g/mol. The number of hydrogen-bond donors (Lipinski definition) is 0. The molecule has 132 valence electrons. The first kappa shape index (κ1) is 17.3. The van der Waals surface area contributed by atoms with Gasteiger partial charge in [-0.15, -0.1) is 0 Å². The Morgan fingerprint density at radius 3 is 2.72 bits per heavy atom. The van der Waals surface area contributed by atoms with Gasteiger partial charge < -0.3 is 14.4 Å². The molecule has 0 N–H and O–H groups in total. The van der Waals surface area contributed by atoms with Crippen LogP contribution in [0.2, 0.25) is 0 Å². The molecule has 0 fully saturated rings. The number of benzene rings is 2. The van der Waals surface area contributed by atoms with Crippen LogP contribution in [-0.2, 0) is 17.8 Å². The monoisotopic (exact) mass is 339 g/mol. The Hall–Kier alpha value is -2.49. The van der Waals surface area contributed by atoms with Crippen molar-refractivity contribution in [3.05, 3.63) is 59.2 Å². The molecule has 2 aromatic rings. The van der Waals surface area contributed by atoms with E-state index in [2.05, 4.69) is 25.1 Å². The van der Waals surface area contributed by atoms with Gasteiger partial charge in [0, 0.05) is 25.1 Å². The molecule has 1 heterocycles. The molecule has 4 nitrogen and oxygen atoms in total. The number of fused-ring (bicyclic) bond motifs is 1. The molecule has 25 heavy (non-hydrogen) atoms. The van der Waals surface area contributed by atoms with Crippen molar-refractivity contribution >= 4 is 5.91 Å². The minimum absolute atomic E-state index is 0.165. The first-order valence-corrected chi connectivity index (χ1v) is 8.88. The summed E-state index contributed by atoms with van der Waals surface area (Å²) >= 11 is 0. The predicted octanol–water partition coefficient (Wildman–Crippen LogP) is 3.75. The van der Waals surface area contributed by atoms with Crippen LogP contribution in [0.15, 0.2) is 42.5 Å². The quantitative estimate of drug-likeness (QED) is 0.804. The van der Waals surface area contributed by atoms with Gasteiger partial charge in [-0.05, 0) is 31.9 Å². The van der Waals surface area contributed by atoms with Crippen molar-refractivity contribution in [3.63, 3.8) is 0 Å². The largest absolute Gasteiger partial charge is 0.486 e. The number of para-hydroxylation sites is 1. The fourth-order valence-corrected chi connectivity index (χ4v) is 3.12. The third-order valence-corrected chi connectivity index (χ3v) is 4.45. The molecular formula is C21H25NO3. The van der Waals surface area contributed by atoms with Crippen molar-refractivity contribution in [1.29, 1.82) is 0 Å². The number of rotatable bonds is 6. The summed E-state index contributed by atoms with van der Waals surface area (Å²) in [4.78, 5) is 14.5. The number of hydrogen-bond acceptors (Lipinski definition) is 3. The van der Waals surface area contributed by atoms with Crippen LogP contribution in [0, 0.1) is 6.92 Å². The lowest BCUT2D eigenvalue weighted by molar-refractivity contribution is -0.131. The van der Waals surface area contributed by atoms with E-state index in [1.54, 1.807) is 0 Å². The molecule has 0 spiro atoms. The topological polar surface area (TPSA) is 38.8 Å². The van der Waals surface area contributed by atoms with Crippen LogP contribution in [-0.4, -0.2) is 30.6 Å². The summed E-state index contributed by atoms with van der Waals surface area (Å²) in [6.45, 7) is 6.44. The summed E-state index contributed by atoms with van der Waals surface area (Å²) in [5.41, 5.74) is 3.44. The Kier molecular flexibility index (Phi) is 5.59. The fraction of sp³-hybridized carbons (Fsp3) is 0.381. The standard InChI is InChI=1S/C21H25NO3/c1-3-22(20(23)11-10-17-7-4-6-16(2)14-17)15-18-8-5-9-19-21(18)25-13-12-24-19/h4-9,14H,3,10-13,15H2,1-2H3. The summed E-state index contributed by atoms with van der Waals surface area (Å²) in [6.07, 6.45) is 1.28. The van der Waals surface area contributed by atoms with Gasteiger partial charge in [-0.1, -0.05) is 42.0 Å². The Morgan fingerprint density at radius 2 is 1.92 bits per heavy atom. The van der Waals surface area contributed by atoms with E-state index < -0.39 is 0 Å². The first-order chi connectivity index (χ1) is 12.2. The van der Waals surface area contributed by atoms with E-state index in [0.717, 1.165) is 23.5 Å². The Labute approximate surface area is 149 Å². The molecule has 0 aromatic heterocycles. The molecule has 0 aliphatic carbocycles. The SMILES string of the molecule is CCN(Cc1cccc2c1OCCO2)C(=O)CCc1cccc(C)c1. The zero-order chi connectivity index (χ0) is 17.6. The van der Waals surface area contributed by atoms with Gasteiger partial charge in [0.05, 0.1) is 0 Å². The number of nitrogens with zero attached hydrogens (tertiary/aromatic N) is 1. The molecule has 4 heteroatoms. The van der Waals surface area contributed by atoms with Crippen molar-refractivity contribution in [2.75, 3.05) is 19.8 Å². The zero-order valence-electron chi connectivity index (χ0n) is 15.0. The number of amides is 1. The average Bonchev–Trinajstić information content (AvgIpc) is 2.64. The number of ether oxygens (including phenoxy) is 2. The number of carbonyl (C=O) groups excluding carboxylic acids is 1. The van der Waals surface area contributed by atoms with Gasteiger partial charge in [0.25, 0.3) is 0 Å². The van der Waals surface area contributed by atoms with Crippen molar-refractivity contribution in [2.24, 2.45) is 0 Å². The molecule has 0 atom stereocenters. The first-order valence-electron chi connectivity index (χ1n) is 8.88. The van der Waals surface area contributed by atoms with Crippen molar-refractivity contribution in [3.8, 4) is 11.5 Å². The molecule has 1 aliphatic heterocycles. The highest BCUT2D eigenvalue weighted by atomic mass is 16.6. The molecule has 0 saturated heterocycles. The highest BCUT2D eigenvalue weighted by molar-refractivity contribution is 5.76. The van der Waals surface area contributed by atoms with Gasteiger partial charge in [-0.2, -0.15) is 0 Å². The lowest BCUT2D eigenvalue weighted by Gasteiger charge is -2.25. The molecule has 1 amide bonds. The minimum Gasteiger partial charge on any atom is -0.486 e. The lowest BCUT2D eigenvalue weighted by atomic mass is 10.1. The van der Waals surface area contributed by atoms with E-state index in [9.17, 15) is 4.79 Å². The second kappa shape index (κ2) is 8.06. The molecule has 0 bridgehead atoms. The molecule has 3 rings (SSSR count). The summed E-state index contributed by atoms with van der Waals surface area (Å²) in [5.74, 6) is 1.71. The van der Waals surface area contributed by atoms with Gasteiger partial charge in [0.1, 0.15) is 13.2 Å². The van der Waals surface area contributed by atoms with Crippen LogP contribution in [0.5, 0.6) is 11.5 Å². The molecule has 2 aromatic carbocycles. The zero-order valence-corrected chi connectivity index (χ0v) is 15.0. The van der Waals surface area contributed by atoms with Crippen LogP contribution in [0.3, 0.4) is 0 Å². The summed E-state index contributed by atoms with van der Waals surface area (Å²) in [5, 5.41) is 0. The Morgan fingerprint density at radius 1 is 1.12 bits per heavy atom.